The van der Waals surface area contributed by atoms with Gasteiger partial charge in [-0.1, -0.05) is 12.5 Å². The Bertz CT molecular complexity index is 591. The van der Waals surface area contributed by atoms with Crippen LogP contribution in [-0.4, -0.2) is 23.0 Å². The molecule has 0 heterocycles. The molecule has 1 saturated carbocycles. The van der Waals surface area contributed by atoms with Crippen molar-refractivity contribution in [1.29, 1.82) is 5.26 Å². The van der Waals surface area contributed by atoms with Gasteiger partial charge in [-0.25, -0.2) is 0 Å². The maximum atomic E-state index is 12.2. The Morgan fingerprint density at radius 1 is 1.50 bits per heavy atom. The molecule has 104 valence electrons. The predicted octanol–water partition coefficient (Wildman–Crippen LogP) is 1.93. The van der Waals surface area contributed by atoms with Gasteiger partial charge in [0.05, 0.1) is 17.0 Å². The molecule has 1 aliphatic carbocycles. The van der Waals surface area contributed by atoms with Crippen LogP contribution in [0.15, 0.2) is 24.3 Å². The number of nitrogens with zero attached hydrogens (tertiary/aromatic N) is 1. The largest absolute Gasteiger partial charge is 0.481 e. The zero-order chi connectivity index (χ0) is 14.8. The van der Waals surface area contributed by atoms with Gasteiger partial charge in [-0.2, -0.15) is 5.26 Å². The number of hydrogen-bond acceptors (Lipinski definition) is 3. The van der Waals surface area contributed by atoms with Crippen molar-refractivity contribution in [3.8, 4) is 6.07 Å². The Hall–Kier alpha value is -2.35. The second kappa shape index (κ2) is 5.33. The van der Waals surface area contributed by atoms with E-state index >= 15 is 0 Å². The molecule has 1 aliphatic rings. The van der Waals surface area contributed by atoms with Gasteiger partial charge in [-0.3, -0.25) is 9.59 Å². The molecule has 0 aliphatic heterocycles. The molecule has 0 bridgehead atoms. The highest BCUT2D eigenvalue weighted by Crippen LogP contribution is 2.38. The normalized spacial score (nSPS) is 24.9. The minimum absolute atomic E-state index is 0.332. The van der Waals surface area contributed by atoms with Gasteiger partial charge in [-0.15, -0.1) is 0 Å². The average Bonchev–Trinajstić information content (AvgIpc) is 2.81. The topological polar surface area (TPSA) is 90.2 Å². The van der Waals surface area contributed by atoms with Crippen LogP contribution in [0, 0.1) is 16.7 Å². The van der Waals surface area contributed by atoms with Crippen molar-refractivity contribution >= 4 is 11.9 Å². The molecule has 2 N–H and O–H groups in total. The fourth-order valence-corrected chi connectivity index (χ4v) is 2.63. The third kappa shape index (κ3) is 2.50. The first kappa shape index (κ1) is 14.1. The summed E-state index contributed by atoms with van der Waals surface area (Å²) >= 11 is 0. The van der Waals surface area contributed by atoms with Crippen LogP contribution in [0.2, 0.25) is 0 Å². The highest BCUT2D eigenvalue weighted by Gasteiger charge is 2.45. The van der Waals surface area contributed by atoms with E-state index in [2.05, 4.69) is 5.32 Å². The number of rotatable bonds is 3. The maximum Gasteiger partial charge on any atom is 0.311 e. The summed E-state index contributed by atoms with van der Waals surface area (Å²) in [6.07, 6.45) is 2.00. The third-order valence-corrected chi connectivity index (χ3v) is 4.01. The lowest BCUT2D eigenvalue weighted by molar-refractivity contribution is -0.148. The number of carboxylic acids is 1. The fourth-order valence-electron chi connectivity index (χ4n) is 2.63. The second-order valence-electron chi connectivity index (χ2n) is 5.33. The van der Waals surface area contributed by atoms with E-state index < -0.39 is 11.4 Å². The molecule has 1 aromatic carbocycles. The van der Waals surface area contributed by atoms with E-state index in [1.807, 2.05) is 6.07 Å². The summed E-state index contributed by atoms with van der Waals surface area (Å²) in [5.74, 6) is -1.22. The van der Waals surface area contributed by atoms with Crippen LogP contribution < -0.4 is 5.32 Å². The van der Waals surface area contributed by atoms with Gasteiger partial charge in [-0.05, 0) is 38.0 Å². The van der Waals surface area contributed by atoms with Gasteiger partial charge in [0.2, 0.25) is 0 Å². The number of hydrogen-bond donors (Lipinski definition) is 2. The van der Waals surface area contributed by atoms with E-state index in [1.54, 1.807) is 25.1 Å². The molecule has 2 atom stereocenters. The van der Waals surface area contributed by atoms with Crippen LogP contribution in [0.1, 0.15) is 42.1 Å². The van der Waals surface area contributed by atoms with Crippen LogP contribution in [0.25, 0.3) is 0 Å². The average molecular weight is 272 g/mol. The number of nitrogens with one attached hydrogen (secondary N) is 1. The molecule has 2 unspecified atom stereocenters. The fraction of sp³-hybridized carbons (Fsp3) is 0.400. The number of carbonyl (C=O) groups excluding carboxylic acids is 1. The zero-order valence-corrected chi connectivity index (χ0v) is 11.2. The minimum Gasteiger partial charge on any atom is -0.481 e. The Balaban J connectivity index is 2.15. The number of benzene rings is 1. The van der Waals surface area contributed by atoms with Crippen molar-refractivity contribution in [2.45, 2.75) is 32.2 Å². The summed E-state index contributed by atoms with van der Waals surface area (Å²) in [6.45, 7) is 1.67. The highest BCUT2D eigenvalue weighted by atomic mass is 16.4. The molecule has 0 spiro atoms. The Morgan fingerprint density at radius 3 is 2.90 bits per heavy atom. The van der Waals surface area contributed by atoms with Crippen LogP contribution in [0.3, 0.4) is 0 Å². The molecule has 5 nitrogen and oxygen atoms in total. The van der Waals surface area contributed by atoms with Crippen molar-refractivity contribution in [2.75, 3.05) is 0 Å². The molecule has 0 radical (unpaired) electrons. The number of amides is 1. The lowest BCUT2D eigenvalue weighted by atomic mass is 9.85. The quantitative estimate of drug-likeness (QED) is 0.879. The summed E-state index contributed by atoms with van der Waals surface area (Å²) in [6, 6.07) is 7.97. The summed E-state index contributed by atoms with van der Waals surface area (Å²) in [5.41, 5.74) is -0.128. The molecule has 0 aromatic heterocycles. The second-order valence-corrected chi connectivity index (χ2v) is 5.33. The molecular formula is C15H16N2O3. The summed E-state index contributed by atoms with van der Waals surface area (Å²) < 4.78 is 0. The van der Waals surface area contributed by atoms with E-state index in [0.717, 1.165) is 6.42 Å². The van der Waals surface area contributed by atoms with Crippen LogP contribution in [0.5, 0.6) is 0 Å². The van der Waals surface area contributed by atoms with Gasteiger partial charge >= 0.3 is 5.97 Å². The van der Waals surface area contributed by atoms with E-state index in [0.29, 0.717) is 24.0 Å². The predicted molar refractivity (Wildman–Crippen MR) is 72.0 cm³/mol. The maximum absolute atomic E-state index is 12.2. The van der Waals surface area contributed by atoms with E-state index in [-0.39, 0.29) is 11.9 Å². The van der Waals surface area contributed by atoms with E-state index in [1.165, 1.54) is 6.07 Å². The van der Waals surface area contributed by atoms with Gasteiger partial charge in [0, 0.05) is 11.6 Å². The standard InChI is InChI=1S/C15H16N2O3/c1-15(14(19)20)7-3-6-12(15)17-13(18)11-5-2-4-10(8-11)9-16/h2,4-5,8,12H,3,6-7H2,1H3,(H,17,18)(H,19,20). The zero-order valence-electron chi connectivity index (χ0n) is 11.2. The summed E-state index contributed by atoms with van der Waals surface area (Å²) in [7, 11) is 0. The first-order chi connectivity index (χ1) is 9.47. The molecule has 1 aromatic rings. The van der Waals surface area contributed by atoms with E-state index in [4.69, 9.17) is 5.26 Å². The van der Waals surface area contributed by atoms with Crippen molar-refractivity contribution < 1.29 is 14.7 Å². The molecule has 0 saturated heterocycles. The lowest BCUT2D eigenvalue weighted by Crippen LogP contribution is -2.47. The van der Waals surface area contributed by atoms with Gasteiger partial charge in [0.15, 0.2) is 0 Å². The SMILES string of the molecule is CC1(C(=O)O)CCCC1NC(=O)c1cccc(C#N)c1. The van der Waals surface area contributed by atoms with Crippen molar-refractivity contribution in [3.05, 3.63) is 35.4 Å². The molecule has 5 heteroatoms. The Labute approximate surface area is 117 Å². The highest BCUT2D eigenvalue weighted by molar-refractivity contribution is 5.95. The summed E-state index contributed by atoms with van der Waals surface area (Å²) in [4.78, 5) is 23.5. The van der Waals surface area contributed by atoms with Crippen molar-refractivity contribution in [1.82, 2.24) is 5.32 Å². The monoisotopic (exact) mass is 272 g/mol. The smallest absolute Gasteiger partial charge is 0.311 e. The number of carboxylic acid groups (broad SMARTS) is 1. The van der Waals surface area contributed by atoms with Crippen molar-refractivity contribution in [3.63, 3.8) is 0 Å². The van der Waals surface area contributed by atoms with Crippen molar-refractivity contribution in [2.24, 2.45) is 5.41 Å². The molecule has 20 heavy (non-hydrogen) atoms. The van der Waals surface area contributed by atoms with Crippen LogP contribution in [-0.2, 0) is 4.79 Å². The first-order valence-electron chi connectivity index (χ1n) is 6.52. The number of nitriles is 1. The number of aliphatic carboxylic acids is 1. The van der Waals surface area contributed by atoms with Crippen LogP contribution >= 0.6 is 0 Å². The number of carbonyl (C=O) groups is 2. The Kier molecular flexibility index (Phi) is 3.75. The van der Waals surface area contributed by atoms with E-state index in [9.17, 15) is 14.7 Å². The third-order valence-electron chi connectivity index (χ3n) is 4.01. The molecule has 2 rings (SSSR count). The van der Waals surface area contributed by atoms with Gasteiger partial charge in [0.1, 0.15) is 0 Å². The molecule has 1 amide bonds. The summed E-state index contributed by atoms with van der Waals surface area (Å²) in [5, 5.41) is 20.9. The van der Waals surface area contributed by atoms with Gasteiger partial charge < -0.3 is 10.4 Å². The van der Waals surface area contributed by atoms with Gasteiger partial charge in [0.25, 0.3) is 5.91 Å². The minimum atomic E-state index is -0.914. The van der Waals surface area contributed by atoms with Crippen LogP contribution in [0.4, 0.5) is 0 Å². The Morgan fingerprint density at radius 2 is 2.25 bits per heavy atom. The molecular weight excluding hydrogens is 256 g/mol. The lowest BCUT2D eigenvalue weighted by Gasteiger charge is -2.27. The first-order valence-corrected chi connectivity index (χ1v) is 6.52. The molecule has 1 fully saturated rings.